The van der Waals surface area contributed by atoms with Gasteiger partial charge >= 0.3 is 6.03 Å². The van der Waals surface area contributed by atoms with Gasteiger partial charge in [-0.15, -0.1) is 0 Å². The Labute approximate surface area is 187 Å². The molecule has 0 aliphatic carbocycles. The van der Waals surface area contributed by atoms with Crippen molar-refractivity contribution < 1.29 is 28.6 Å². The lowest BCUT2D eigenvalue weighted by Crippen LogP contribution is -2.42. The molecule has 0 radical (unpaired) electrons. The molecule has 1 N–H and O–H groups in total. The number of benzene rings is 1. The molecular weight excluding hydrogens is 416 g/mol. The number of imide groups is 1. The molecule has 0 saturated carbocycles. The molecule has 0 spiro atoms. The number of urea groups is 1. The Bertz CT molecular complexity index is 834. The van der Waals surface area contributed by atoms with Crippen LogP contribution in [0.4, 0.5) is 4.79 Å². The van der Waals surface area contributed by atoms with Crippen molar-refractivity contribution in [3.8, 4) is 11.5 Å². The minimum atomic E-state index is -0.544. The van der Waals surface area contributed by atoms with Gasteiger partial charge in [-0.2, -0.15) is 0 Å². The Morgan fingerprint density at radius 2 is 1.78 bits per heavy atom. The lowest BCUT2D eigenvalue weighted by atomic mass is 9.94. The van der Waals surface area contributed by atoms with Crippen molar-refractivity contribution in [1.82, 2.24) is 20.0 Å². The predicted octanol–water partition coefficient (Wildman–Crippen LogP) is 0.231. The second-order valence-electron chi connectivity index (χ2n) is 8.15. The van der Waals surface area contributed by atoms with E-state index >= 15 is 0 Å². The highest BCUT2D eigenvalue weighted by atomic mass is 16.5. The topological polar surface area (TPSA) is 101 Å². The number of carbonyl (C=O) groups excluding carboxylic acids is 3. The Kier molecular flexibility index (Phi) is 6.80. The van der Waals surface area contributed by atoms with Crippen LogP contribution in [0.15, 0.2) is 12.1 Å². The number of hydrogen-bond acceptors (Lipinski definition) is 7. The summed E-state index contributed by atoms with van der Waals surface area (Å²) in [5.41, 5.74) is 1.90. The summed E-state index contributed by atoms with van der Waals surface area (Å²) in [4.78, 5) is 43.1. The van der Waals surface area contributed by atoms with Crippen molar-refractivity contribution in [2.75, 3.05) is 60.2 Å². The van der Waals surface area contributed by atoms with Gasteiger partial charge in [-0.25, -0.2) is 4.79 Å². The molecule has 4 rings (SSSR count). The van der Waals surface area contributed by atoms with Crippen molar-refractivity contribution in [3.63, 3.8) is 0 Å². The normalized spacial score (nSPS) is 20.8. The van der Waals surface area contributed by atoms with Gasteiger partial charge in [0.05, 0.1) is 27.4 Å². The average molecular weight is 447 g/mol. The summed E-state index contributed by atoms with van der Waals surface area (Å²) in [6.07, 6.45) is 0.512. The standard InChI is InChI=1S/C22H30N4O6/c1-30-18-12-15-11-17-21(28)25(22(29)26(17)14-16(15)13-19(18)31-2)5-3-20(27)23-4-6-24-7-9-32-10-8-24/h12-13,17H,3-11,14H2,1-2H3,(H,23,27). The first kappa shape index (κ1) is 22.3. The average Bonchev–Trinajstić information content (AvgIpc) is 3.04. The van der Waals surface area contributed by atoms with E-state index in [-0.39, 0.29) is 30.8 Å². The Morgan fingerprint density at radius 3 is 2.47 bits per heavy atom. The van der Waals surface area contributed by atoms with E-state index in [9.17, 15) is 14.4 Å². The number of ether oxygens (including phenoxy) is 3. The van der Waals surface area contributed by atoms with Crippen LogP contribution in [0.5, 0.6) is 11.5 Å². The summed E-state index contributed by atoms with van der Waals surface area (Å²) in [5, 5.41) is 2.87. The quantitative estimate of drug-likeness (QED) is 0.571. The second kappa shape index (κ2) is 9.74. The maximum atomic E-state index is 12.9. The largest absolute Gasteiger partial charge is 0.493 e. The zero-order valence-corrected chi connectivity index (χ0v) is 18.6. The van der Waals surface area contributed by atoms with Gasteiger partial charge < -0.3 is 24.4 Å². The van der Waals surface area contributed by atoms with Gasteiger partial charge in [0.1, 0.15) is 6.04 Å². The molecule has 0 bridgehead atoms. The molecule has 10 nitrogen and oxygen atoms in total. The van der Waals surface area contributed by atoms with Gasteiger partial charge in [-0.3, -0.25) is 19.4 Å². The van der Waals surface area contributed by atoms with E-state index < -0.39 is 6.04 Å². The summed E-state index contributed by atoms with van der Waals surface area (Å²) >= 11 is 0. The van der Waals surface area contributed by atoms with Crippen LogP contribution in [0.3, 0.4) is 0 Å². The van der Waals surface area contributed by atoms with E-state index in [0.717, 1.165) is 30.8 Å². The number of hydrogen-bond donors (Lipinski definition) is 1. The highest BCUT2D eigenvalue weighted by molar-refractivity contribution is 6.04. The van der Waals surface area contributed by atoms with Crippen LogP contribution >= 0.6 is 0 Å². The SMILES string of the molecule is COc1cc2c(cc1OC)CN1C(=O)N(CCC(=O)NCCN3CCOCC3)C(=O)C1C2. The number of rotatable bonds is 8. The first-order chi connectivity index (χ1) is 15.5. The first-order valence-electron chi connectivity index (χ1n) is 10.9. The van der Waals surface area contributed by atoms with E-state index in [4.69, 9.17) is 14.2 Å². The second-order valence-corrected chi connectivity index (χ2v) is 8.15. The van der Waals surface area contributed by atoms with Crippen molar-refractivity contribution >= 4 is 17.8 Å². The van der Waals surface area contributed by atoms with Gasteiger partial charge in [0.15, 0.2) is 11.5 Å². The summed E-state index contributed by atoms with van der Waals surface area (Å²) in [7, 11) is 3.13. The van der Waals surface area contributed by atoms with Crippen molar-refractivity contribution in [3.05, 3.63) is 23.3 Å². The number of methoxy groups -OCH3 is 2. The van der Waals surface area contributed by atoms with Gasteiger partial charge in [-0.05, 0) is 23.3 Å². The van der Waals surface area contributed by atoms with E-state index in [2.05, 4.69) is 10.2 Å². The van der Waals surface area contributed by atoms with Crippen molar-refractivity contribution in [1.29, 1.82) is 0 Å². The van der Waals surface area contributed by atoms with Crippen LogP contribution in [0, 0.1) is 0 Å². The monoisotopic (exact) mass is 446 g/mol. The lowest BCUT2D eigenvalue weighted by Gasteiger charge is -2.29. The molecule has 1 atom stereocenters. The Hall–Kier alpha value is -2.85. The number of nitrogens with one attached hydrogen (secondary N) is 1. The molecule has 1 aromatic rings. The minimum absolute atomic E-state index is 0.0804. The van der Waals surface area contributed by atoms with Gasteiger partial charge in [-0.1, -0.05) is 0 Å². The molecule has 2 fully saturated rings. The fourth-order valence-corrected chi connectivity index (χ4v) is 4.45. The van der Waals surface area contributed by atoms with Gasteiger partial charge in [0.25, 0.3) is 5.91 Å². The van der Waals surface area contributed by atoms with Crippen LogP contribution in [0.1, 0.15) is 17.5 Å². The molecular formula is C22H30N4O6. The minimum Gasteiger partial charge on any atom is -0.493 e. The smallest absolute Gasteiger partial charge is 0.327 e. The maximum Gasteiger partial charge on any atom is 0.327 e. The van der Waals surface area contributed by atoms with Crippen LogP contribution < -0.4 is 14.8 Å². The number of amides is 4. The highest BCUT2D eigenvalue weighted by Crippen LogP contribution is 2.37. The lowest BCUT2D eigenvalue weighted by molar-refractivity contribution is -0.129. The van der Waals surface area contributed by atoms with Crippen LogP contribution in [0.2, 0.25) is 0 Å². The number of carbonyl (C=O) groups is 3. The molecule has 1 aromatic carbocycles. The van der Waals surface area contributed by atoms with Gasteiger partial charge in [0, 0.05) is 52.1 Å². The predicted molar refractivity (Wildman–Crippen MR) is 115 cm³/mol. The van der Waals surface area contributed by atoms with Crippen LogP contribution in [-0.2, 0) is 27.3 Å². The van der Waals surface area contributed by atoms with E-state index in [1.54, 1.807) is 19.1 Å². The molecule has 174 valence electrons. The molecule has 4 amide bonds. The first-order valence-corrected chi connectivity index (χ1v) is 10.9. The summed E-state index contributed by atoms with van der Waals surface area (Å²) in [5.74, 6) is 0.772. The maximum absolute atomic E-state index is 12.9. The summed E-state index contributed by atoms with van der Waals surface area (Å²) in [6.45, 7) is 4.87. The Balaban J connectivity index is 1.31. The number of nitrogens with zero attached hydrogens (tertiary/aromatic N) is 3. The van der Waals surface area contributed by atoms with Crippen molar-refractivity contribution in [2.45, 2.75) is 25.4 Å². The molecule has 2 saturated heterocycles. The number of morpholine rings is 1. The number of fused-ring (bicyclic) bond motifs is 2. The van der Waals surface area contributed by atoms with Crippen molar-refractivity contribution in [2.24, 2.45) is 0 Å². The fraction of sp³-hybridized carbons (Fsp3) is 0.591. The molecule has 10 heteroatoms. The van der Waals surface area contributed by atoms with Gasteiger partial charge in [0.2, 0.25) is 5.91 Å². The third-order valence-corrected chi connectivity index (χ3v) is 6.28. The zero-order chi connectivity index (χ0) is 22.7. The van der Waals surface area contributed by atoms with E-state index in [1.165, 1.54) is 4.90 Å². The molecule has 0 aromatic heterocycles. The molecule has 3 aliphatic rings. The molecule has 3 heterocycles. The molecule has 1 unspecified atom stereocenters. The zero-order valence-electron chi connectivity index (χ0n) is 18.6. The van der Waals surface area contributed by atoms with Crippen LogP contribution in [0.25, 0.3) is 0 Å². The van der Waals surface area contributed by atoms with Crippen LogP contribution in [-0.4, -0.2) is 98.7 Å². The van der Waals surface area contributed by atoms with E-state index in [0.29, 0.717) is 44.2 Å². The summed E-state index contributed by atoms with van der Waals surface area (Å²) in [6, 6.07) is 2.83. The molecule has 3 aliphatic heterocycles. The Morgan fingerprint density at radius 1 is 1.09 bits per heavy atom. The molecule has 32 heavy (non-hydrogen) atoms. The third-order valence-electron chi connectivity index (χ3n) is 6.28. The third kappa shape index (κ3) is 4.51. The highest BCUT2D eigenvalue weighted by Gasteiger charge is 2.47. The fourth-order valence-electron chi connectivity index (χ4n) is 4.45. The van der Waals surface area contributed by atoms with E-state index in [1.807, 2.05) is 12.1 Å². The summed E-state index contributed by atoms with van der Waals surface area (Å²) < 4.78 is 16.0.